The topological polar surface area (TPSA) is 30.2 Å². The Bertz CT molecular complexity index is 1870. The lowest BCUT2D eigenvalue weighted by Gasteiger charge is -2.24. The van der Waals surface area contributed by atoms with Crippen molar-refractivity contribution in [2.75, 3.05) is 0 Å². The first-order valence-electron chi connectivity index (χ1n) is 12.4. The first-order chi connectivity index (χ1) is 16.0. The van der Waals surface area contributed by atoms with Crippen LogP contribution in [-0.4, -0.2) is 14.4 Å². The smallest absolute Gasteiger partial charge is 0.145 e. The standard InChI is InChI=1S/C29H27N3/c1-15-11-19-18-8-7-16(2)31-27(18)32-25(19)20(12-15)24-22-17(9-10-30-24)13-21-23(26(22)32)29(5,6)14-28(21,3)4/h7-13H,14H2,1-6H3/i9D,10D. The molecule has 0 bridgehead atoms. The van der Waals surface area contributed by atoms with E-state index in [1.54, 1.807) is 0 Å². The van der Waals surface area contributed by atoms with Crippen molar-refractivity contribution >= 4 is 49.1 Å². The minimum atomic E-state index is -0.0452. The van der Waals surface area contributed by atoms with Crippen LogP contribution >= 0.6 is 0 Å². The van der Waals surface area contributed by atoms with Crippen molar-refractivity contribution in [3.63, 3.8) is 0 Å². The van der Waals surface area contributed by atoms with Crippen LogP contribution in [0, 0.1) is 13.8 Å². The number of fused-ring (bicyclic) bond motifs is 7. The van der Waals surface area contributed by atoms with E-state index in [0.29, 0.717) is 0 Å². The zero-order valence-corrected chi connectivity index (χ0v) is 19.4. The molecule has 1 aliphatic rings. The second-order valence-electron chi connectivity index (χ2n) is 11.1. The molecule has 7 rings (SSSR count). The lowest BCUT2D eigenvalue weighted by atomic mass is 9.81. The summed E-state index contributed by atoms with van der Waals surface area (Å²) in [5.41, 5.74) is 8.71. The van der Waals surface area contributed by atoms with Gasteiger partial charge >= 0.3 is 0 Å². The van der Waals surface area contributed by atoms with Gasteiger partial charge in [-0.2, -0.15) is 0 Å². The third-order valence-corrected chi connectivity index (χ3v) is 7.66. The Morgan fingerprint density at radius 1 is 0.938 bits per heavy atom. The van der Waals surface area contributed by atoms with Gasteiger partial charge in [-0.15, -0.1) is 0 Å². The maximum Gasteiger partial charge on any atom is 0.145 e. The van der Waals surface area contributed by atoms with E-state index in [1.165, 1.54) is 16.5 Å². The van der Waals surface area contributed by atoms with Crippen molar-refractivity contribution in [1.29, 1.82) is 0 Å². The molecule has 32 heavy (non-hydrogen) atoms. The number of hydrogen-bond donors (Lipinski definition) is 0. The van der Waals surface area contributed by atoms with Gasteiger partial charge in [0.1, 0.15) is 5.65 Å². The third kappa shape index (κ3) is 2.03. The van der Waals surface area contributed by atoms with Crippen LogP contribution in [0.4, 0.5) is 0 Å². The van der Waals surface area contributed by atoms with Crippen molar-refractivity contribution in [2.24, 2.45) is 0 Å². The maximum absolute atomic E-state index is 8.83. The number of aromatic nitrogens is 3. The molecule has 6 aromatic rings. The van der Waals surface area contributed by atoms with E-state index in [2.05, 4.69) is 69.4 Å². The van der Waals surface area contributed by atoms with Crippen molar-refractivity contribution in [3.8, 4) is 0 Å². The average Bonchev–Trinajstić information content (AvgIpc) is 3.16. The second kappa shape index (κ2) is 5.40. The van der Waals surface area contributed by atoms with Crippen LogP contribution in [0.5, 0.6) is 0 Å². The summed E-state index contributed by atoms with van der Waals surface area (Å²) in [6.07, 6.45) is 1.06. The fourth-order valence-electron chi connectivity index (χ4n) is 6.79. The summed E-state index contributed by atoms with van der Waals surface area (Å²) in [5.74, 6) is 0. The van der Waals surface area contributed by atoms with Gasteiger partial charge in [-0.25, -0.2) is 4.98 Å². The summed E-state index contributed by atoms with van der Waals surface area (Å²) in [5, 5.41) is 5.16. The summed E-state index contributed by atoms with van der Waals surface area (Å²) < 4.78 is 19.7. The van der Waals surface area contributed by atoms with E-state index >= 15 is 0 Å². The Morgan fingerprint density at radius 3 is 2.53 bits per heavy atom. The largest absolute Gasteiger partial charge is 0.292 e. The van der Waals surface area contributed by atoms with Crippen LogP contribution in [-0.2, 0) is 10.8 Å². The minimum Gasteiger partial charge on any atom is -0.292 e. The van der Waals surface area contributed by atoms with Gasteiger partial charge in [0, 0.05) is 33.4 Å². The van der Waals surface area contributed by atoms with Crippen molar-refractivity contribution in [2.45, 2.75) is 58.8 Å². The summed E-state index contributed by atoms with van der Waals surface area (Å²) in [6.45, 7) is 13.4. The third-order valence-electron chi connectivity index (χ3n) is 7.66. The van der Waals surface area contributed by atoms with Crippen molar-refractivity contribution < 1.29 is 2.74 Å². The highest BCUT2D eigenvalue weighted by molar-refractivity contribution is 6.26. The summed E-state index contributed by atoms with van der Waals surface area (Å²) in [4.78, 5) is 9.80. The van der Waals surface area contributed by atoms with Gasteiger partial charge in [0.2, 0.25) is 0 Å². The van der Waals surface area contributed by atoms with E-state index in [9.17, 15) is 0 Å². The van der Waals surface area contributed by atoms with Crippen molar-refractivity contribution in [3.05, 3.63) is 64.9 Å². The molecule has 0 unspecified atom stereocenters. The molecule has 3 heteroatoms. The zero-order chi connectivity index (χ0) is 23.9. The molecule has 4 aromatic heterocycles. The summed E-state index contributed by atoms with van der Waals surface area (Å²) in [7, 11) is 0. The number of pyridine rings is 3. The molecule has 0 saturated heterocycles. The quantitative estimate of drug-likeness (QED) is 0.190. The molecule has 4 heterocycles. The molecular weight excluding hydrogens is 390 g/mol. The van der Waals surface area contributed by atoms with Crippen molar-refractivity contribution in [1.82, 2.24) is 14.4 Å². The number of rotatable bonds is 0. The van der Waals surface area contributed by atoms with Crippen LogP contribution in [0.2, 0.25) is 0 Å². The molecule has 158 valence electrons. The molecule has 3 nitrogen and oxygen atoms in total. The van der Waals surface area contributed by atoms with Gasteiger partial charge in [-0.3, -0.25) is 9.38 Å². The number of hydrogen-bond acceptors (Lipinski definition) is 2. The van der Waals surface area contributed by atoms with Crippen LogP contribution in [0.15, 0.2) is 42.5 Å². The molecule has 0 atom stereocenters. The lowest BCUT2D eigenvalue weighted by Crippen LogP contribution is -2.18. The van der Waals surface area contributed by atoms with E-state index in [4.69, 9.17) is 12.7 Å². The number of nitrogens with zero attached hydrogens (tertiary/aromatic N) is 3. The fraction of sp³-hybridized carbons (Fsp3) is 0.310. The van der Waals surface area contributed by atoms with Gasteiger partial charge in [-0.05, 0) is 83.5 Å². The first kappa shape index (κ1) is 16.4. The normalized spacial score (nSPS) is 18.3. The fourth-order valence-corrected chi connectivity index (χ4v) is 6.79. The van der Waals surface area contributed by atoms with Gasteiger partial charge in [-0.1, -0.05) is 33.8 Å². The monoisotopic (exact) mass is 419 g/mol. The van der Waals surface area contributed by atoms with E-state index in [1.807, 2.05) is 6.92 Å². The second-order valence-corrected chi connectivity index (χ2v) is 11.1. The van der Waals surface area contributed by atoms with Crippen LogP contribution in [0.3, 0.4) is 0 Å². The molecule has 1 aliphatic carbocycles. The minimum absolute atomic E-state index is 0.0272. The number of benzene rings is 2. The molecule has 0 spiro atoms. The Labute approximate surface area is 190 Å². The zero-order valence-electron chi connectivity index (χ0n) is 21.4. The van der Waals surface area contributed by atoms with E-state index < -0.39 is 0 Å². The first-order valence-corrected chi connectivity index (χ1v) is 11.4. The molecule has 0 amide bonds. The highest BCUT2D eigenvalue weighted by atomic mass is 15.0. The van der Waals surface area contributed by atoms with E-state index in [-0.39, 0.29) is 23.0 Å². The summed E-state index contributed by atoms with van der Waals surface area (Å²) >= 11 is 0. The van der Waals surface area contributed by atoms with Gasteiger partial charge in [0.05, 0.1) is 19.3 Å². The number of aryl methyl sites for hydroxylation is 2. The molecule has 0 saturated carbocycles. The van der Waals surface area contributed by atoms with Gasteiger partial charge < -0.3 is 0 Å². The Kier molecular flexibility index (Phi) is 2.77. The Morgan fingerprint density at radius 2 is 1.72 bits per heavy atom. The molecule has 0 fully saturated rings. The van der Waals surface area contributed by atoms with Crippen LogP contribution < -0.4 is 0 Å². The van der Waals surface area contributed by atoms with Gasteiger partial charge in [0.15, 0.2) is 0 Å². The van der Waals surface area contributed by atoms with Crippen LogP contribution in [0.1, 0.15) is 59.2 Å². The lowest BCUT2D eigenvalue weighted by molar-refractivity contribution is 0.404. The highest BCUT2D eigenvalue weighted by Gasteiger charge is 2.44. The maximum atomic E-state index is 8.83. The molecule has 0 N–H and O–H groups in total. The molecule has 0 aliphatic heterocycles. The highest BCUT2D eigenvalue weighted by Crippen LogP contribution is 2.54. The van der Waals surface area contributed by atoms with Crippen LogP contribution in [0.25, 0.3) is 49.1 Å². The van der Waals surface area contributed by atoms with E-state index in [0.717, 1.165) is 61.4 Å². The molecule has 2 aromatic carbocycles. The predicted molar refractivity (Wildman–Crippen MR) is 134 cm³/mol. The summed E-state index contributed by atoms with van der Waals surface area (Å²) in [6, 6.07) is 11.1. The molecule has 0 radical (unpaired) electrons. The predicted octanol–water partition coefficient (Wildman–Crippen LogP) is 7.36. The average molecular weight is 420 g/mol. The SMILES string of the molecule is [2H]c1nc2c3cc(C)cc4c5ccc(C)nc5n(c5c6c(cc(c1[2H])c25)C(C)(C)CC6(C)C)c43. The molecular formula is C29H27N3. The Hall–Kier alpha value is -3.20. The van der Waals surface area contributed by atoms with Gasteiger partial charge in [0.25, 0.3) is 0 Å². The Balaban J connectivity index is 1.96.